The molecule has 18 heavy (non-hydrogen) atoms. The molecular formula is C14H16N2O2. The molecule has 0 saturated heterocycles. The molecule has 0 aliphatic carbocycles. The highest BCUT2D eigenvalue weighted by molar-refractivity contribution is 5.87. The van der Waals surface area contributed by atoms with Gasteiger partial charge in [-0.25, -0.2) is 0 Å². The first kappa shape index (κ1) is 12.4. The highest BCUT2D eigenvalue weighted by Gasteiger charge is 2.15. The fraction of sp³-hybridized carbons (Fsp3) is 0.214. The van der Waals surface area contributed by atoms with Crippen molar-refractivity contribution in [3.05, 3.63) is 42.0 Å². The molecule has 4 nitrogen and oxygen atoms in total. The molecule has 2 rings (SSSR count). The van der Waals surface area contributed by atoms with Gasteiger partial charge in [-0.15, -0.1) is 0 Å². The van der Waals surface area contributed by atoms with Crippen LogP contribution in [0.4, 0.5) is 0 Å². The van der Waals surface area contributed by atoms with Gasteiger partial charge in [0.05, 0.1) is 7.11 Å². The SMILES string of the molecule is CNC(C(N)=O)c1ccc2cc(OC)ccc2c1. The summed E-state index contributed by atoms with van der Waals surface area (Å²) in [7, 11) is 3.35. The van der Waals surface area contributed by atoms with Crippen LogP contribution in [-0.2, 0) is 4.79 Å². The van der Waals surface area contributed by atoms with Crippen LogP contribution in [0.3, 0.4) is 0 Å². The third-order valence-corrected chi connectivity index (χ3v) is 2.98. The second-order valence-electron chi connectivity index (χ2n) is 4.10. The van der Waals surface area contributed by atoms with Gasteiger partial charge in [-0.2, -0.15) is 0 Å². The van der Waals surface area contributed by atoms with Gasteiger partial charge in [0.25, 0.3) is 0 Å². The molecule has 94 valence electrons. The Labute approximate surface area is 106 Å². The van der Waals surface area contributed by atoms with Crippen LogP contribution >= 0.6 is 0 Å². The molecule has 1 amide bonds. The molecule has 1 unspecified atom stereocenters. The minimum absolute atomic E-state index is 0.384. The highest BCUT2D eigenvalue weighted by Crippen LogP contribution is 2.24. The number of likely N-dealkylation sites (N-methyl/N-ethyl adjacent to an activating group) is 1. The minimum Gasteiger partial charge on any atom is -0.497 e. The lowest BCUT2D eigenvalue weighted by atomic mass is 10.0. The van der Waals surface area contributed by atoms with Crippen LogP contribution < -0.4 is 15.8 Å². The van der Waals surface area contributed by atoms with Crippen LogP contribution in [0.5, 0.6) is 5.75 Å². The maximum absolute atomic E-state index is 11.3. The van der Waals surface area contributed by atoms with Crippen molar-refractivity contribution in [2.75, 3.05) is 14.2 Å². The fourth-order valence-electron chi connectivity index (χ4n) is 2.02. The lowest BCUT2D eigenvalue weighted by molar-refractivity contribution is -0.120. The van der Waals surface area contributed by atoms with Crippen molar-refractivity contribution in [2.45, 2.75) is 6.04 Å². The van der Waals surface area contributed by atoms with E-state index in [0.29, 0.717) is 0 Å². The number of amides is 1. The van der Waals surface area contributed by atoms with E-state index in [1.165, 1.54) is 0 Å². The van der Waals surface area contributed by atoms with Crippen LogP contribution in [0.15, 0.2) is 36.4 Å². The molecule has 0 spiro atoms. The Morgan fingerprint density at radius 2 is 1.89 bits per heavy atom. The van der Waals surface area contributed by atoms with Crippen LogP contribution in [-0.4, -0.2) is 20.1 Å². The Balaban J connectivity index is 2.47. The second kappa shape index (κ2) is 5.06. The normalized spacial score (nSPS) is 12.3. The number of carbonyl (C=O) groups excluding carboxylic acids is 1. The molecule has 2 aromatic carbocycles. The molecule has 0 fully saturated rings. The van der Waals surface area contributed by atoms with E-state index in [0.717, 1.165) is 22.1 Å². The van der Waals surface area contributed by atoms with E-state index in [-0.39, 0.29) is 5.91 Å². The molecule has 4 heteroatoms. The Morgan fingerprint density at radius 3 is 2.50 bits per heavy atom. The van der Waals surface area contributed by atoms with Gasteiger partial charge in [0.1, 0.15) is 11.8 Å². The molecule has 0 aliphatic heterocycles. The number of carbonyl (C=O) groups is 1. The molecular weight excluding hydrogens is 228 g/mol. The summed E-state index contributed by atoms with van der Waals surface area (Å²) in [6, 6.07) is 11.2. The van der Waals surface area contributed by atoms with E-state index < -0.39 is 6.04 Å². The average molecular weight is 244 g/mol. The standard InChI is InChI=1S/C14H16N2O2/c1-16-13(14(15)17)11-4-3-10-8-12(18-2)6-5-9(10)7-11/h3-8,13,16H,1-2H3,(H2,15,17). The van der Waals surface area contributed by atoms with Gasteiger partial charge in [0.2, 0.25) is 5.91 Å². The zero-order valence-corrected chi connectivity index (χ0v) is 10.4. The van der Waals surface area contributed by atoms with Gasteiger partial charge in [-0.1, -0.05) is 18.2 Å². The minimum atomic E-state index is -0.462. The molecule has 0 radical (unpaired) electrons. The Morgan fingerprint density at radius 1 is 1.22 bits per heavy atom. The van der Waals surface area contributed by atoms with E-state index in [9.17, 15) is 4.79 Å². The summed E-state index contributed by atoms with van der Waals surface area (Å²) in [5.41, 5.74) is 6.21. The van der Waals surface area contributed by atoms with E-state index in [1.807, 2.05) is 36.4 Å². The van der Waals surface area contributed by atoms with Gasteiger partial charge < -0.3 is 15.8 Å². The van der Waals surface area contributed by atoms with Gasteiger partial charge in [-0.3, -0.25) is 4.79 Å². The Kier molecular flexibility index (Phi) is 3.48. The lowest BCUT2D eigenvalue weighted by Gasteiger charge is -2.13. The number of nitrogens with one attached hydrogen (secondary N) is 1. The Bertz CT molecular complexity index is 581. The number of primary amides is 1. The Hall–Kier alpha value is -2.07. The summed E-state index contributed by atoms with van der Waals surface area (Å²) in [6.07, 6.45) is 0. The monoisotopic (exact) mass is 244 g/mol. The third kappa shape index (κ3) is 2.28. The van der Waals surface area contributed by atoms with Crippen molar-refractivity contribution in [1.82, 2.24) is 5.32 Å². The van der Waals surface area contributed by atoms with E-state index in [1.54, 1.807) is 14.2 Å². The number of ether oxygens (including phenoxy) is 1. The van der Waals surface area contributed by atoms with E-state index >= 15 is 0 Å². The lowest BCUT2D eigenvalue weighted by Crippen LogP contribution is -2.31. The number of fused-ring (bicyclic) bond motifs is 1. The number of hydrogen-bond acceptors (Lipinski definition) is 3. The highest BCUT2D eigenvalue weighted by atomic mass is 16.5. The van der Waals surface area contributed by atoms with Gasteiger partial charge >= 0.3 is 0 Å². The number of rotatable bonds is 4. The summed E-state index contributed by atoms with van der Waals surface area (Å²) in [5, 5.41) is 5.02. The maximum atomic E-state index is 11.3. The van der Waals surface area contributed by atoms with Gasteiger partial charge in [-0.05, 0) is 41.6 Å². The maximum Gasteiger partial charge on any atom is 0.239 e. The van der Waals surface area contributed by atoms with E-state index in [2.05, 4.69) is 5.32 Å². The number of nitrogens with two attached hydrogens (primary N) is 1. The zero-order valence-electron chi connectivity index (χ0n) is 10.4. The molecule has 0 saturated carbocycles. The summed E-state index contributed by atoms with van der Waals surface area (Å²) < 4.78 is 5.17. The molecule has 0 bridgehead atoms. The largest absolute Gasteiger partial charge is 0.497 e. The topological polar surface area (TPSA) is 64.3 Å². The molecule has 0 aliphatic rings. The average Bonchev–Trinajstić information content (AvgIpc) is 2.38. The molecule has 0 heterocycles. The van der Waals surface area contributed by atoms with E-state index in [4.69, 9.17) is 10.5 Å². The summed E-state index contributed by atoms with van der Waals surface area (Å²) in [5.74, 6) is 0.431. The van der Waals surface area contributed by atoms with Crippen molar-refractivity contribution in [2.24, 2.45) is 5.73 Å². The van der Waals surface area contributed by atoms with Crippen molar-refractivity contribution in [1.29, 1.82) is 0 Å². The van der Waals surface area contributed by atoms with Crippen molar-refractivity contribution < 1.29 is 9.53 Å². The summed E-state index contributed by atoms with van der Waals surface area (Å²) >= 11 is 0. The molecule has 3 N–H and O–H groups in total. The van der Waals surface area contributed by atoms with Crippen LogP contribution in [0.1, 0.15) is 11.6 Å². The van der Waals surface area contributed by atoms with Crippen LogP contribution in [0, 0.1) is 0 Å². The number of hydrogen-bond donors (Lipinski definition) is 2. The van der Waals surface area contributed by atoms with Crippen molar-refractivity contribution >= 4 is 16.7 Å². The number of benzene rings is 2. The van der Waals surface area contributed by atoms with Gasteiger partial charge in [0.15, 0.2) is 0 Å². The second-order valence-corrected chi connectivity index (χ2v) is 4.10. The quantitative estimate of drug-likeness (QED) is 0.858. The molecule has 0 aromatic heterocycles. The summed E-state index contributed by atoms with van der Waals surface area (Å²) in [6.45, 7) is 0. The zero-order chi connectivity index (χ0) is 13.1. The van der Waals surface area contributed by atoms with Crippen LogP contribution in [0.25, 0.3) is 10.8 Å². The first-order valence-electron chi connectivity index (χ1n) is 5.70. The fourth-order valence-corrected chi connectivity index (χ4v) is 2.02. The van der Waals surface area contributed by atoms with Crippen molar-refractivity contribution in [3.8, 4) is 5.75 Å². The molecule has 1 atom stereocenters. The van der Waals surface area contributed by atoms with Crippen molar-refractivity contribution in [3.63, 3.8) is 0 Å². The smallest absolute Gasteiger partial charge is 0.239 e. The first-order valence-corrected chi connectivity index (χ1v) is 5.70. The third-order valence-electron chi connectivity index (χ3n) is 2.98. The predicted molar refractivity (Wildman–Crippen MR) is 71.5 cm³/mol. The summed E-state index contributed by atoms with van der Waals surface area (Å²) in [4.78, 5) is 11.3. The predicted octanol–water partition coefficient (Wildman–Crippen LogP) is 1.59. The first-order chi connectivity index (χ1) is 8.65. The molecule has 2 aromatic rings. The van der Waals surface area contributed by atoms with Gasteiger partial charge in [0, 0.05) is 0 Å². The number of methoxy groups -OCH3 is 1. The van der Waals surface area contributed by atoms with Crippen LogP contribution in [0.2, 0.25) is 0 Å².